The summed E-state index contributed by atoms with van der Waals surface area (Å²) in [6, 6.07) is 11.4. The highest BCUT2D eigenvalue weighted by atomic mass is 35.5. The number of halogens is 1. The van der Waals surface area contributed by atoms with E-state index in [-0.39, 0.29) is 5.91 Å². The van der Waals surface area contributed by atoms with Crippen molar-refractivity contribution in [2.24, 2.45) is 0 Å². The lowest BCUT2D eigenvalue weighted by molar-refractivity contribution is 0.0523. The summed E-state index contributed by atoms with van der Waals surface area (Å²) in [7, 11) is 0. The minimum Gasteiger partial charge on any atom is -0.444 e. The standard InChI is InChI=1S/C30H36ClN5O3S/c1-30(2,3)39-29(38)33-18-20-8-10-22(23(31)16-20)24-19-36-25-11-9-21(17-26(25)40-28(36)34-24)27(37)32-12-7-15-35-13-5-4-6-14-35/h8-11,16-17,19H,4-7,12-15,18H2,1-3H3,(H,32,37)(H,33,38). The number of fused-ring (bicyclic) bond motifs is 3. The first kappa shape index (κ1) is 28.4. The van der Waals surface area contributed by atoms with Crippen molar-refractivity contribution in [3.63, 3.8) is 0 Å². The van der Waals surface area contributed by atoms with Crippen LogP contribution in [0.5, 0.6) is 0 Å². The van der Waals surface area contributed by atoms with Crippen molar-refractivity contribution in [3.8, 4) is 11.3 Å². The van der Waals surface area contributed by atoms with Gasteiger partial charge < -0.3 is 20.3 Å². The molecule has 4 aromatic rings. The Morgan fingerprint density at radius 2 is 1.88 bits per heavy atom. The van der Waals surface area contributed by atoms with Crippen LogP contribution in [-0.4, -0.2) is 58.1 Å². The Morgan fingerprint density at radius 3 is 2.62 bits per heavy atom. The maximum atomic E-state index is 12.8. The van der Waals surface area contributed by atoms with Crippen LogP contribution >= 0.6 is 22.9 Å². The molecule has 2 aromatic heterocycles. The molecule has 40 heavy (non-hydrogen) atoms. The number of nitrogens with zero attached hydrogens (tertiary/aromatic N) is 3. The van der Waals surface area contributed by atoms with Crippen LogP contribution in [-0.2, 0) is 11.3 Å². The number of nitrogens with one attached hydrogen (secondary N) is 2. The molecule has 2 N–H and O–H groups in total. The number of piperidine rings is 1. The molecule has 0 saturated carbocycles. The van der Waals surface area contributed by atoms with Gasteiger partial charge in [0.2, 0.25) is 0 Å². The molecule has 10 heteroatoms. The minimum atomic E-state index is -0.551. The molecule has 2 amide bonds. The van der Waals surface area contributed by atoms with Crippen molar-refractivity contribution in [1.29, 1.82) is 0 Å². The molecule has 1 saturated heterocycles. The van der Waals surface area contributed by atoms with Crippen molar-refractivity contribution in [3.05, 3.63) is 58.7 Å². The number of thiazole rings is 1. The molecule has 0 radical (unpaired) electrons. The van der Waals surface area contributed by atoms with Crippen LogP contribution < -0.4 is 10.6 Å². The van der Waals surface area contributed by atoms with Gasteiger partial charge in [0, 0.05) is 30.4 Å². The second-order valence-electron chi connectivity index (χ2n) is 11.2. The molecule has 0 atom stereocenters. The van der Waals surface area contributed by atoms with Gasteiger partial charge in [0.25, 0.3) is 5.91 Å². The lowest BCUT2D eigenvalue weighted by Gasteiger charge is -2.26. The molecule has 212 valence electrons. The van der Waals surface area contributed by atoms with Crippen molar-refractivity contribution >= 4 is 50.1 Å². The molecule has 0 unspecified atom stereocenters. The number of aromatic nitrogens is 2. The summed E-state index contributed by atoms with van der Waals surface area (Å²) in [4.78, 5) is 32.8. The monoisotopic (exact) mass is 581 g/mol. The fraction of sp³-hybridized carbons (Fsp3) is 0.433. The Balaban J connectivity index is 1.22. The average Bonchev–Trinajstić information content (AvgIpc) is 3.47. The van der Waals surface area contributed by atoms with Gasteiger partial charge in [-0.25, -0.2) is 9.78 Å². The van der Waals surface area contributed by atoms with Crippen LogP contribution in [0.4, 0.5) is 4.79 Å². The van der Waals surface area contributed by atoms with Crippen molar-refractivity contribution in [2.45, 2.75) is 58.6 Å². The van der Waals surface area contributed by atoms with Crippen LogP contribution in [0.2, 0.25) is 5.02 Å². The Kier molecular flexibility index (Phi) is 8.63. The molecule has 0 spiro atoms. The van der Waals surface area contributed by atoms with Crippen LogP contribution in [0.15, 0.2) is 42.6 Å². The van der Waals surface area contributed by atoms with E-state index in [4.69, 9.17) is 21.3 Å². The van der Waals surface area contributed by atoms with E-state index in [2.05, 4.69) is 15.5 Å². The Bertz CT molecular complexity index is 1520. The van der Waals surface area contributed by atoms with Crippen LogP contribution in [0.1, 0.15) is 62.4 Å². The van der Waals surface area contributed by atoms with Gasteiger partial charge in [-0.3, -0.25) is 9.20 Å². The summed E-state index contributed by atoms with van der Waals surface area (Å²) in [5, 5.41) is 6.37. The largest absolute Gasteiger partial charge is 0.444 e. The van der Waals surface area contributed by atoms with Gasteiger partial charge >= 0.3 is 6.09 Å². The van der Waals surface area contributed by atoms with E-state index in [1.54, 1.807) is 11.3 Å². The van der Waals surface area contributed by atoms with E-state index in [1.165, 1.54) is 32.4 Å². The van der Waals surface area contributed by atoms with Crippen molar-refractivity contribution in [2.75, 3.05) is 26.2 Å². The first-order chi connectivity index (χ1) is 19.2. The maximum absolute atomic E-state index is 12.8. The number of amides is 2. The molecule has 8 nitrogen and oxygen atoms in total. The third kappa shape index (κ3) is 6.95. The number of hydrogen-bond acceptors (Lipinski definition) is 6. The highest BCUT2D eigenvalue weighted by Crippen LogP contribution is 2.33. The Morgan fingerprint density at radius 1 is 1.07 bits per heavy atom. The number of likely N-dealkylation sites (tertiary alicyclic amines) is 1. The number of rotatable bonds is 8. The number of imidazole rings is 1. The zero-order chi connectivity index (χ0) is 28.3. The van der Waals surface area contributed by atoms with E-state index in [1.807, 2.05) is 67.8 Å². The second-order valence-corrected chi connectivity index (χ2v) is 12.7. The Hall–Kier alpha value is -3.14. The van der Waals surface area contributed by atoms with Gasteiger partial charge in [-0.05, 0) is 89.5 Å². The summed E-state index contributed by atoms with van der Waals surface area (Å²) in [5.74, 6) is -0.0414. The highest BCUT2D eigenvalue weighted by Gasteiger charge is 2.17. The normalized spacial score (nSPS) is 14.5. The predicted octanol–water partition coefficient (Wildman–Crippen LogP) is 6.50. The number of alkyl carbamates (subject to hydrolysis) is 1. The van der Waals surface area contributed by atoms with Crippen molar-refractivity contribution < 1.29 is 14.3 Å². The molecule has 1 fully saturated rings. The van der Waals surface area contributed by atoms with Gasteiger partial charge in [-0.15, -0.1) is 0 Å². The number of carbonyl (C=O) groups is 2. The number of benzene rings is 2. The average molecular weight is 582 g/mol. The minimum absolute atomic E-state index is 0.0414. The zero-order valence-corrected chi connectivity index (χ0v) is 24.8. The summed E-state index contributed by atoms with van der Waals surface area (Å²) in [6.07, 6.45) is 6.37. The van der Waals surface area contributed by atoms with Crippen LogP contribution in [0.25, 0.3) is 26.4 Å². The third-order valence-corrected chi connectivity index (χ3v) is 8.22. The predicted molar refractivity (Wildman–Crippen MR) is 161 cm³/mol. The fourth-order valence-electron chi connectivity index (χ4n) is 4.93. The lowest BCUT2D eigenvalue weighted by atomic mass is 10.1. The van der Waals surface area contributed by atoms with Gasteiger partial charge in [0.15, 0.2) is 4.96 Å². The molecule has 0 aliphatic carbocycles. The summed E-state index contributed by atoms with van der Waals surface area (Å²) in [5.41, 5.74) is 3.55. The van der Waals surface area contributed by atoms with Crippen molar-refractivity contribution in [1.82, 2.24) is 24.9 Å². The molecule has 0 bridgehead atoms. The highest BCUT2D eigenvalue weighted by molar-refractivity contribution is 7.23. The van der Waals surface area contributed by atoms with E-state index >= 15 is 0 Å². The van der Waals surface area contributed by atoms with Gasteiger partial charge in [-0.1, -0.05) is 41.5 Å². The third-order valence-electron chi connectivity index (χ3n) is 6.89. The van der Waals surface area contributed by atoms with Gasteiger partial charge in [0.05, 0.1) is 20.9 Å². The maximum Gasteiger partial charge on any atom is 0.407 e. The lowest BCUT2D eigenvalue weighted by Crippen LogP contribution is -2.33. The molecule has 5 rings (SSSR count). The van der Waals surface area contributed by atoms with Crippen LogP contribution in [0, 0.1) is 0 Å². The van der Waals surface area contributed by atoms with Gasteiger partial charge in [0.1, 0.15) is 5.60 Å². The molecule has 1 aliphatic heterocycles. The van der Waals surface area contributed by atoms with Crippen LogP contribution in [0.3, 0.4) is 0 Å². The number of ether oxygens (including phenoxy) is 1. The second kappa shape index (κ2) is 12.2. The summed E-state index contributed by atoms with van der Waals surface area (Å²) in [6.45, 7) is 9.87. The molecule has 2 aromatic carbocycles. The zero-order valence-electron chi connectivity index (χ0n) is 23.3. The number of hydrogen-bond donors (Lipinski definition) is 2. The number of carbonyl (C=O) groups excluding carboxylic acids is 2. The van der Waals surface area contributed by atoms with E-state index in [0.717, 1.165) is 45.0 Å². The topological polar surface area (TPSA) is 88.0 Å². The summed E-state index contributed by atoms with van der Waals surface area (Å²) >= 11 is 8.15. The molecular formula is C30H36ClN5O3S. The summed E-state index contributed by atoms with van der Waals surface area (Å²) < 4.78 is 8.32. The van der Waals surface area contributed by atoms with E-state index < -0.39 is 11.7 Å². The Labute approximate surface area is 243 Å². The van der Waals surface area contributed by atoms with E-state index in [0.29, 0.717) is 23.7 Å². The van der Waals surface area contributed by atoms with Gasteiger partial charge in [-0.2, -0.15) is 0 Å². The molecule has 3 heterocycles. The van der Waals surface area contributed by atoms with E-state index in [9.17, 15) is 9.59 Å². The molecular weight excluding hydrogens is 546 g/mol. The SMILES string of the molecule is CC(C)(C)OC(=O)NCc1ccc(-c2cn3c(n2)sc2cc(C(=O)NCCCN4CCCCC4)ccc23)c(Cl)c1. The first-order valence-corrected chi connectivity index (χ1v) is 15.0. The smallest absolute Gasteiger partial charge is 0.407 e. The quantitative estimate of drug-likeness (QED) is 0.232. The first-order valence-electron chi connectivity index (χ1n) is 13.8. The fourth-order valence-corrected chi connectivity index (χ4v) is 6.27. The molecule has 1 aliphatic rings.